The molecule has 0 aliphatic heterocycles. The maximum atomic E-state index is 10.1. The zero-order valence-electron chi connectivity index (χ0n) is 14.5. The summed E-state index contributed by atoms with van der Waals surface area (Å²) in [6.07, 6.45) is 2.73. The average Bonchev–Trinajstić information content (AvgIpc) is 2.64. The lowest BCUT2D eigenvalue weighted by Crippen LogP contribution is -2.23. The van der Waals surface area contributed by atoms with E-state index in [1.54, 1.807) is 6.07 Å². The van der Waals surface area contributed by atoms with Crippen molar-refractivity contribution in [3.63, 3.8) is 0 Å². The second-order valence-electron chi connectivity index (χ2n) is 6.07. The average molecular weight is 333 g/mol. The van der Waals surface area contributed by atoms with E-state index in [1.165, 1.54) is 0 Å². The molecule has 4 heteroatoms. The molecule has 2 heterocycles. The molecule has 4 nitrogen and oxygen atoms in total. The van der Waals surface area contributed by atoms with Gasteiger partial charge in [-0.25, -0.2) is 0 Å². The lowest BCUT2D eigenvalue weighted by Gasteiger charge is -2.22. The Bertz CT molecular complexity index is 805. The lowest BCUT2D eigenvalue weighted by molar-refractivity contribution is 0.238. The number of aromatic hydroxyl groups is 1. The number of aryl methyl sites for hydroxylation is 1. The third kappa shape index (κ3) is 4.88. The van der Waals surface area contributed by atoms with Crippen LogP contribution >= 0.6 is 0 Å². The quantitative estimate of drug-likeness (QED) is 0.711. The lowest BCUT2D eigenvalue weighted by atomic mass is 10.1. The Morgan fingerprint density at radius 2 is 1.52 bits per heavy atom. The van der Waals surface area contributed by atoms with Gasteiger partial charge in [-0.2, -0.15) is 0 Å². The van der Waals surface area contributed by atoms with Crippen LogP contribution in [0.3, 0.4) is 0 Å². The molecule has 0 amide bonds. The summed E-state index contributed by atoms with van der Waals surface area (Å²) in [7, 11) is 0. The Labute approximate surface area is 148 Å². The summed E-state index contributed by atoms with van der Waals surface area (Å²) >= 11 is 0. The second kappa shape index (κ2) is 8.40. The summed E-state index contributed by atoms with van der Waals surface area (Å²) in [4.78, 5) is 11.4. The minimum atomic E-state index is 0.323. The first kappa shape index (κ1) is 17.1. The summed E-state index contributed by atoms with van der Waals surface area (Å²) in [6, 6.07) is 19.6. The monoisotopic (exact) mass is 333 g/mol. The Balaban J connectivity index is 1.81. The van der Waals surface area contributed by atoms with E-state index < -0.39 is 0 Å². The fraction of sp³-hybridized carbons (Fsp3) is 0.238. The molecule has 128 valence electrons. The predicted molar refractivity (Wildman–Crippen MR) is 98.9 cm³/mol. The van der Waals surface area contributed by atoms with Gasteiger partial charge in [0, 0.05) is 37.1 Å². The van der Waals surface area contributed by atoms with Gasteiger partial charge in [0.2, 0.25) is 0 Å². The molecular formula is C21H23N3O. The van der Waals surface area contributed by atoms with Crippen LogP contribution in [0, 0.1) is 0 Å². The van der Waals surface area contributed by atoms with Crippen molar-refractivity contribution in [1.82, 2.24) is 14.9 Å². The van der Waals surface area contributed by atoms with Crippen LogP contribution in [-0.4, -0.2) is 20.0 Å². The molecule has 25 heavy (non-hydrogen) atoms. The third-order valence-electron chi connectivity index (χ3n) is 4.11. The molecule has 0 aliphatic carbocycles. The minimum Gasteiger partial charge on any atom is -0.508 e. The van der Waals surface area contributed by atoms with Crippen LogP contribution in [0.5, 0.6) is 5.75 Å². The molecule has 0 radical (unpaired) electrons. The van der Waals surface area contributed by atoms with Crippen LogP contribution in [0.2, 0.25) is 0 Å². The highest BCUT2D eigenvalue weighted by Crippen LogP contribution is 2.20. The van der Waals surface area contributed by atoms with E-state index in [-0.39, 0.29) is 0 Å². The van der Waals surface area contributed by atoms with Gasteiger partial charge in [-0.3, -0.25) is 14.9 Å². The summed E-state index contributed by atoms with van der Waals surface area (Å²) in [6.45, 7) is 4.16. The fourth-order valence-corrected chi connectivity index (χ4v) is 2.82. The molecule has 0 aliphatic rings. The summed E-state index contributed by atoms with van der Waals surface area (Å²) in [5.74, 6) is 0.323. The molecule has 0 atom stereocenters. The number of hydrogen-bond acceptors (Lipinski definition) is 4. The number of phenols is 1. The summed E-state index contributed by atoms with van der Waals surface area (Å²) in [5.41, 5.74) is 4.04. The number of phenolic OH excluding ortho intramolecular Hbond substituents is 1. The fourth-order valence-electron chi connectivity index (χ4n) is 2.82. The highest BCUT2D eigenvalue weighted by molar-refractivity contribution is 5.31. The van der Waals surface area contributed by atoms with Crippen LogP contribution in [0.1, 0.15) is 29.6 Å². The molecule has 2 aromatic heterocycles. The Kier molecular flexibility index (Phi) is 5.75. The molecule has 1 N–H and O–H groups in total. The molecule has 0 saturated heterocycles. The number of pyridine rings is 2. The predicted octanol–water partition coefficient (Wildman–Crippen LogP) is 3.95. The normalized spacial score (nSPS) is 11.0. The van der Waals surface area contributed by atoms with Gasteiger partial charge in [-0.1, -0.05) is 37.3 Å². The van der Waals surface area contributed by atoms with Gasteiger partial charge in [0.15, 0.2) is 0 Å². The van der Waals surface area contributed by atoms with Crippen molar-refractivity contribution < 1.29 is 5.11 Å². The van der Waals surface area contributed by atoms with E-state index in [0.29, 0.717) is 25.4 Å². The number of rotatable bonds is 7. The molecule has 0 bridgehead atoms. The third-order valence-corrected chi connectivity index (χ3v) is 4.11. The highest BCUT2D eigenvalue weighted by atomic mass is 16.3. The van der Waals surface area contributed by atoms with E-state index in [0.717, 1.165) is 29.1 Å². The molecule has 0 saturated carbocycles. The molecule has 3 rings (SSSR count). The van der Waals surface area contributed by atoms with Gasteiger partial charge >= 0.3 is 0 Å². The molecular weight excluding hydrogens is 310 g/mol. The molecule has 0 unspecified atom stereocenters. The van der Waals surface area contributed by atoms with Crippen LogP contribution in [-0.2, 0) is 26.1 Å². The number of aromatic nitrogens is 2. The number of benzene rings is 1. The number of para-hydroxylation sites is 1. The van der Waals surface area contributed by atoms with Crippen molar-refractivity contribution >= 4 is 0 Å². The van der Waals surface area contributed by atoms with Crippen LogP contribution < -0.4 is 0 Å². The van der Waals surface area contributed by atoms with Crippen LogP contribution in [0.4, 0.5) is 0 Å². The van der Waals surface area contributed by atoms with Gasteiger partial charge in [-0.15, -0.1) is 0 Å². The molecule has 1 aromatic carbocycles. The molecule has 3 aromatic rings. The van der Waals surface area contributed by atoms with Crippen molar-refractivity contribution in [2.75, 3.05) is 0 Å². The Morgan fingerprint density at radius 3 is 2.28 bits per heavy atom. The van der Waals surface area contributed by atoms with Gasteiger partial charge in [0.25, 0.3) is 0 Å². The van der Waals surface area contributed by atoms with Crippen LogP contribution in [0.15, 0.2) is 66.9 Å². The van der Waals surface area contributed by atoms with Gasteiger partial charge < -0.3 is 5.11 Å². The minimum absolute atomic E-state index is 0.323. The molecule has 0 fully saturated rings. The Hall–Kier alpha value is -2.72. The smallest absolute Gasteiger partial charge is 0.120 e. The van der Waals surface area contributed by atoms with Crippen molar-refractivity contribution in [1.29, 1.82) is 0 Å². The van der Waals surface area contributed by atoms with E-state index in [9.17, 15) is 5.11 Å². The van der Waals surface area contributed by atoms with Crippen molar-refractivity contribution in [2.24, 2.45) is 0 Å². The van der Waals surface area contributed by atoms with Crippen molar-refractivity contribution in [3.8, 4) is 5.75 Å². The summed E-state index contributed by atoms with van der Waals surface area (Å²) in [5, 5.41) is 10.1. The van der Waals surface area contributed by atoms with E-state index in [2.05, 4.69) is 35.0 Å². The van der Waals surface area contributed by atoms with Gasteiger partial charge in [0.1, 0.15) is 5.75 Å². The SMILES string of the molecule is CCc1cccc(CN(Cc2ccccn2)Cc2ccccc2O)n1. The van der Waals surface area contributed by atoms with Crippen molar-refractivity contribution in [2.45, 2.75) is 33.0 Å². The zero-order valence-corrected chi connectivity index (χ0v) is 14.5. The van der Waals surface area contributed by atoms with Gasteiger partial charge in [-0.05, 0) is 36.8 Å². The first-order valence-corrected chi connectivity index (χ1v) is 8.58. The van der Waals surface area contributed by atoms with Gasteiger partial charge in [0.05, 0.1) is 11.4 Å². The first-order valence-electron chi connectivity index (χ1n) is 8.58. The largest absolute Gasteiger partial charge is 0.508 e. The zero-order chi connectivity index (χ0) is 17.5. The number of nitrogens with zero attached hydrogens (tertiary/aromatic N) is 3. The topological polar surface area (TPSA) is 49.2 Å². The maximum absolute atomic E-state index is 10.1. The highest BCUT2D eigenvalue weighted by Gasteiger charge is 2.12. The van der Waals surface area contributed by atoms with E-state index in [1.807, 2.05) is 42.6 Å². The summed E-state index contributed by atoms with van der Waals surface area (Å²) < 4.78 is 0. The maximum Gasteiger partial charge on any atom is 0.120 e. The van der Waals surface area contributed by atoms with E-state index in [4.69, 9.17) is 4.98 Å². The number of hydrogen-bond donors (Lipinski definition) is 1. The van der Waals surface area contributed by atoms with Crippen LogP contribution in [0.25, 0.3) is 0 Å². The second-order valence-corrected chi connectivity index (χ2v) is 6.07. The van der Waals surface area contributed by atoms with Crippen molar-refractivity contribution in [3.05, 3.63) is 89.5 Å². The standard InChI is InChI=1S/C21H23N3O/c1-2-18-10-7-11-20(23-18)16-24(15-19-9-5-6-13-22-19)14-17-8-3-4-12-21(17)25/h3-13,25H,2,14-16H2,1H3. The molecule has 0 spiro atoms. The first-order chi connectivity index (χ1) is 12.2. The Morgan fingerprint density at radius 1 is 0.800 bits per heavy atom. The van der Waals surface area contributed by atoms with E-state index >= 15 is 0 Å².